The Balaban J connectivity index is 1.80. The predicted octanol–water partition coefficient (Wildman–Crippen LogP) is 3.66. The summed E-state index contributed by atoms with van der Waals surface area (Å²) in [4.78, 5) is 13.1. The highest BCUT2D eigenvalue weighted by Crippen LogP contribution is 2.25. The Morgan fingerprint density at radius 1 is 1.28 bits per heavy atom. The summed E-state index contributed by atoms with van der Waals surface area (Å²) in [6.07, 6.45) is 0. The molecule has 0 unspecified atom stereocenters. The maximum absolute atomic E-state index is 11.2. The van der Waals surface area contributed by atoms with Gasteiger partial charge in [0.2, 0.25) is 0 Å². The van der Waals surface area contributed by atoms with E-state index in [1.165, 1.54) is 6.07 Å². The van der Waals surface area contributed by atoms with Gasteiger partial charge in [-0.3, -0.25) is 20.4 Å². The van der Waals surface area contributed by atoms with Crippen LogP contribution in [0.4, 0.5) is 11.4 Å². The van der Waals surface area contributed by atoms with Crippen molar-refractivity contribution in [3.63, 3.8) is 0 Å². The van der Waals surface area contributed by atoms with Crippen LogP contribution in [-0.4, -0.2) is 48.4 Å². The predicted molar refractivity (Wildman–Crippen MR) is 113 cm³/mol. The molecule has 1 N–H and O–H groups in total. The molecule has 0 aromatic heterocycles. The molecule has 2 aromatic rings. The van der Waals surface area contributed by atoms with Gasteiger partial charge in [0.25, 0.3) is 5.69 Å². The number of anilines is 1. The van der Waals surface area contributed by atoms with Crippen molar-refractivity contribution in [2.45, 2.75) is 20.4 Å². The molecule has 0 aliphatic carbocycles. The molecule has 8 heteroatoms. The molecular formula is C21H26N4O4. The lowest BCUT2D eigenvalue weighted by molar-refractivity contribution is -0.384. The van der Waals surface area contributed by atoms with E-state index >= 15 is 0 Å². The van der Waals surface area contributed by atoms with Crippen molar-refractivity contribution in [1.29, 1.82) is 0 Å². The number of morpholine rings is 1. The standard InChI is InChI=1S/C21H26N4O4/c1-3-29-21-9-8-17(14-18(21)15-24-10-12-28-13-11-24)16(2)22-23-19-6-4-5-7-20(19)25(26)27/h4-9,14,23H,3,10-13,15H2,1-2H3/b22-16-. The topological polar surface area (TPSA) is 89.2 Å². The molecule has 2 aromatic carbocycles. The Bertz CT molecular complexity index is 879. The number of para-hydroxylation sites is 2. The van der Waals surface area contributed by atoms with Crippen molar-refractivity contribution in [2.75, 3.05) is 38.3 Å². The van der Waals surface area contributed by atoms with Crippen molar-refractivity contribution in [3.05, 3.63) is 63.7 Å². The fourth-order valence-corrected chi connectivity index (χ4v) is 3.16. The summed E-state index contributed by atoms with van der Waals surface area (Å²) in [7, 11) is 0. The molecule has 1 heterocycles. The third kappa shape index (κ3) is 5.52. The summed E-state index contributed by atoms with van der Waals surface area (Å²) in [6, 6.07) is 12.4. The maximum atomic E-state index is 11.2. The van der Waals surface area contributed by atoms with Crippen LogP contribution in [0.25, 0.3) is 0 Å². The summed E-state index contributed by atoms with van der Waals surface area (Å²) in [5.74, 6) is 0.863. The van der Waals surface area contributed by atoms with Gasteiger partial charge in [-0.05, 0) is 43.7 Å². The normalized spacial score (nSPS) is 15.2. The van der Waals surface area contributed by atoms with E-state index in [1.54, 1.807) is 18.2 Å². The molecule has 8 nitrogen and oxygen atoms in total. The van der Waals surface area contributed by atoms with Crippen molar-refractivity contribution in [2.24, 2.45) is 5.10 Å². The first-order chi connectivity index (χ1) is 14.1. The maximum Gasteiger partial charge on any atom is 0.294 e. The highest BCUT2D eigenvalue weighted by Gasteiger charge is 2.15. The Morgan fingerprint density at radius 3 is 2.76 bits per heavy atom. The molecule has 1 aliphatic rings. The van der Waals surface area contributed by atoms with E-state index in [0.717, 1.165) is 55.4 Å². The third-order valence-electron chi connectivity index (χ3n) is 4.72. The molecule has 0 atom stereocenters. The molecule has 0 saturated carbocycles. The Labute approximate surface area is 170 Å². The second kappa shape index (κ2) is 9.99. The lowest BCUT2D eigenvalue weighted by Gasteiger charge is -2.27. The fourth-order valence-electron chi connectivity index (χ4n) is 3.16. The number of nitrogens with one attached hydrogen (secondary N) is 1. The van der Waals surface area contributed by atoms with Gasteiger partial charge in [-0.25, -0.2) is 0 Å². The van der Waals surface area contributed by atoms with Gasteiger partial charge >= 0.3 is 0 Å². The average Bonchev–Trinajstić information content (AvgIpc) is 2.74. The highest BCUT2D eigenvalue weighted by molar-refractivity contribution is 5.99. The largest absolute Gasteiger partial charge is 0.494 e. The fraction of sp³-hybridized carbons (Fsp3) is 0.381. The number of ether oxygens (including phenoxy) is 2. The van der Waals surface area contributed by atoms with E-state index in [0.29, 0.717) is 12.3 Å². The van der Waals surface area contributed by atoms with Crippen LogP contribution in [-0.2, 0) is 11.3 Å². The smallest absolute Gasteiger partial charge is 0.294 e. The minimum Gasteiger partial charge on any atom is -0.494 e. The third-order valence-corrected chi connectivity index (χ3v) is 4.72. The van der Waals surface area contributed by atoms with Gasteiger partial charge in [0.05, 0.1) is 30.5 Å². The summed E-state index contributed by atoms with van der Waals surface area (Å²) in [6.45, 7) is 8.48. The van der Waals surface area contributed by atoms with E-state index < -0.39 is 4.92 Å². The van der Waals surface area contributed by atoms with Crippen molar-refractivity contribution >= 4 is 17.1 Å². The number of nitro benzene ring substituents is 1. The number of hydrogen-bond donors (Lipinski definition) is 1. The van der Waals surface area contributed by atoms with Crippen LogP contribution in [0.5, 0.6) is 5.75 Å². The molecule has 1 saturated heterocycles. The average molecular weight is 398 g/mol. The molecule has 154 valence electrons. The molecule has 0 radical (unpaired) electrons. The summed E-state index contributed by atoms with van der Waals surface area (Å²) >= 11 is 0. The zero-order valence-corrected chi connectivity index (χ0v) is 16.8. The van der Waals surface area contributed by atoms with Gasteiger partial charge in [0.1, 0.15) is 11.4 Å². The quantitative estimate of drug-likeness (QED) is 0.415. The van der Waals surface area contributed by atoms with Gasteiger partial charge in [0, 0.05) is 31.3 Å². The molecule has 1 aliphatic heterocycles. The Hall–Kier alpha value is -2.97. The lowest BCUT2D eigenvalue weighted by atomic mass is 10.1. The van der Waals surface area contributed by atoms with Crippen LogP contribution in [0.2, 0.25) is 0 Å². The van der Waals surface area contributed by atoms with Gasteiger partial charge in [-0.1, -0.05) is 12.1 Å². The number of hydrazone groups is 1. The van der Waals surface area contributed by atoms with Crippen LogP contribution < -0.4 is 10.2 Å². The number of nitrogens with zero attached hydrogens (tertiary/aromatic N) is 3. The monoisotopic (exact) mass is 398 g/mol. The molecule has 0 spiro atoms. The first-order valence-electron chi connectivity index (χ1n) is 9.68. The number of rotatable bonds is 8. The van der Waals surface area contributed by atoms with Gasteiger partial charge in [-0.15, -0.1) is 0 Å². The van der Waals surface area contributed by atoms with E-state index in [4.69, 9.17) is 9.47 Å². The van der Waals surface area contributed by atoms with Crippen LogP contribution >= 0.6 is 0 Å². The first-order valence-corrected chi connectivity index (χ1v) is 9.68. The number of hydrogen-bond acceptors (Lipinski definition) is 7. The van der Waals surface area contributed by atoms with E-state index in [2.05, 4.69) is 21.5 Å². The number of nitro groups is 1. The minimum atomic E-state index is -0.426. The summed E-state index contributed by atoms with van der Waals surface area (Å²) in [5, 5.41) is 15.5. The van der Waals surface area contributed by atoms with Crippen LogP contribution in [0, 0.1) is 10.1 Å². The minimum absolute atomic E-state index is 0.0104. The van der Waals surface area contributed by atoms with E-state index in [-0.39, 0.29) is 5.69 Å². The number of benzene rings is 2. The van der Waals surface area contributed by atoms with Crippen molar-refractivity contribution < 1.29 is 14.4 Å². The van der Waals surface area contributed by atoms with Crippen LogP contribution in [0.1, 0.15) is 25.0 Å². The van der Waals surface area contributed by atoms with E-state index in [1.807, 2.05) is 26.0 Å². The zero-order valence-electron chi connectivity index (χ0n) is 16.8. The molecular weight excluding hydrogens is 372 g/mol. The van der Waals surface area contributed by atoms with Gasteiger partial charge in [0.15, 0.2) is 0 Å². The van der Waals surface area contributed by atoms with Crippen molar-refractivity contribution in [1.82, 2.24) is 4.90 Å². The molecule has 1 fully saturated rings. The zero-order chi connectivity index (χ0) is 20.6. The molecule has 0 bridgehead atoms. The van der Waals surface area contributed by atoms with Gasteiger partial charge in [-0.2, -0.15) is 5.10 Å². The Kier molecular flexibility index (Phi) is 7.15. The molecule has 29 heavy (non-hydrogen) atoms. The Morgan fingerprint density at radius 2 is 2.03 bits per heavy atom. The molecule has 3 rings (SSSR count). The SMILES string of the molecule is CCOc1ccc(/C(C)=N\Nc2ccccc2[N+](=O)[O-])cc1CN1CCOCC1. The second-order valence-corrected chi connectivity index (χ2v) is 6.73. The molecule has 0 amide bonds. The van der Waals surface area contributed by atoms with Gasteiger partial charge < -0.3 is 9.47 Å². The second-order valence-electron chi connectivity index (χ2n) is 6.73. The highest BCUT2D eigenvalue weighted by atomic mass is 16.6. The van der Waals surface area contributed by atoms with Crippen molar-refractivity contribution in [3.8, 4) is 5.75 Å². The summed E-state index contributed by atoms with van der Waals surface area (Å²) < 4.78 is 11.2. The summed E-state index contributed by atoms with van der Waals surface area (Å²) in [5.41, 5.74) is 5.92. The van der Waals surface area contributed by atoms with Crippen LogP contribution in [0.3, 0.4) is 0 Å². The lowest BCUT2D eigenvalue weighted by Crippen LogP contribution is -2.35. The van der Waals surface area contributed by atoms with E-state index in [9.17, 15) is 10.1 Å². The van der Waals surface area contributed by atoms with Crippen LogP contribution in [0.15, 0.2) is 47.6 Å². The first kappa shape index (κ1) is 20.8.